The van der Waals surface area contributed by atoms with Gasteiger partial charge in [-0.1, -0.05) is 23.7 Å². The lowest BCUT2D eigenvalue weighted by atomic mass is 10.1. The molecule has 1 unspecified atom stereocenters. The van der Waals surface area contributed by atoms with Gasteiger partial charge in [-0.2, -0.15) is 15.0 Å². The molecule has 2 rings (SSSR count). The largest absolute Gasteiger partial charge is 0.445 e. The Labute approximate surface area is 155 Å². The van der Waals surface area contributed by atoms with Crippen LogP contribution in [0, 0.1) is 0 Å². The Kier molecular flexibility index (Phi) is 7.22. The van der Waals surface area contributed by atoms with Gasteiger partial charge in [-0.05, 0) is 31.0 Å². The van der Waals surface area contributed by atoms with Crippen LogP contribution in [0.5, 0.6) is 0 Å². The van der Waals surface area contributed by atoms with Crippen molar-refractivity contribution in [3.8, 4) is 0 Å². The van der Waals surface area contributed by atoms with Crippen molar-refractivity contribution in [2.75, 3.05) is 20.2 Å². The highest BCUT2D eigenvalue weighted by Gasteiger charge is 2.20. The van der Waals surface area contributed by atoms with Crippen LogP contribution >= 0.6 is 11.6 Å². The molecule has 0 fully saturated rings. The van der Waals surface area contributed by atoms with Crippen molar-refractivity contribution in [1.29, 1.82) is 0 Å². The molecule has 1 aromatic carbocycles. The molecule has 0 saturated carbocycles. The highest BCUT2D eigenvalue weighted by atomic mass is 35.5. The summed E-state index contributed by atoms with van der Waals surface area (Å²) in [6, 6.07) is 7.01. The highest BCUT2D eigenvalue weighted by molar-refractivity contribution is 6.30. The van der Waals surface area contributed by atoms with Crippen molar-refractivity contribution >= 4 is 23.8 Å². The number of hydrogen-bond acceptors (Lipinski definition) is 6. The quantitative estimate of drug-likeness (QED) is 0.771. The van der Waals surface area contributed by atoms with Crippen LogP contribution in [0.2, 0.25) is 5.02 Å². The summed E-state index contributed by atoms with van der Waals surface area (Å²) in [5.74, 6) is 0. The van der Waals surface area contributed by atoms with E-state index in [0.717, 1.165) is 10.6 Å². The lowest BCUT2D eigenvalue weighted by Gasteiger charge is -2.20. The lowest BCUT2D eigenvalue weighted by Crippen LogP contribution is -2.36. The molecule has 2 aromatic rings. The summed E-state index contributed by atoms with van der Waals surface area (Å²) in [6.07, 6.45) is 2.04. The van der Waals surface area contributed by atoms with Crippen molar-refractivity contribution in [1.82, 2.24) is 25.4 Å². The summed E-state index contributed by atoms with van der Waals surface area (Å²) in [4.78, 5) is 29.5. The van der Waals surface area contributed by atoms with Crippen molar-refractivity contribution < 1.29 is 19.2 Å². The van der Waals surface area contributed by atoms with Crippen LogP contribution in [-0.4, -0.2) is 52.4 Å². The number of nitrogens with one attached hydrogen (secondary N) is 1. The first-order chi connectivity index (χ1) is 12.5. The number of carbonyl (C=O) groups is 2. The standard InChI is InChI=1S/C16H20ClN5O4/c1-3-18-15(23)26-21(2)16(24)25-11-14(22-19-7-8-20-22)10-12-5-4-6-13(17)9-12/h4-9,14H,3,10-11H2,1-2H3,(H,18,23). The first-order valence-electron chi connectivity index (χ1n) is 7.96. The van der Waals surface area contributed by atoms with Crippen molar-refractivity contribution in [3.63, 3.8) is 0 Å². The first kappa shape index (κ1) is 19.5. The van der Waals surface area contributed by atoms with E-state index in [1.165, 1.54) is 24.2 Å². The topological polar surface area (TPSA) is 98.6 Å². The summed E-state index contributed by atoms with van der Waals surface area (Å²) in [5.41, 5.74) is 0.947. The molecule has 2 amide bonds. The molecule has 1 heterocycles. The monoisotopic (exact) mass is 381 g/mol. The summed E-state index contributed by atoms with van der Waals surface area (Å²) in [6.45, 7) is 2.11. The van der Waals surface area contributed by atoms with Gasteiger partial charge in [0.25, 0.3) is 0 Å². The van der Waals surface area contributed by atoms with Gasteiger partial charge in [-0.15, -0.1) is 5.06 Å². The SMILES string of the molecule is CCNC(=O)ON(C)C(=O)OCC(Cc1cccc(Cl)c1)n1nccn1. The molecule has 9 nitrogen and oxygen atoms in total. The van der Waals surface area contributed by atoms with Crippen LogP contribution in [-0.2, 0) is 16.0 Å². The Bertz CT molecular complexity index is 725. The highest BCUT2D eigenvalue weighted by Crippen LogP contribution is 2.17. The lowest BCUT2D eigenvalue weighted by molar-refractivity contribution is -0.0674. The molecule has 0 saturated heterocycles. The zero-order valence-corrected chi connectivity index (χ0v) is 15.2. The summed E-state index contributed by atoms with van der Waals surface area (Å²) in [7, 11) is 1.29. The molecular formula is C16H20ClN5O4. The second-order valence-electron chi connectivity index (χ2n) is 5.32. The zero-order chi connectivity index (χ0) is 18.9. The van der Waals surface area contributed by atoms with Crippen LogP contribution in [0.4, 0.5) is 9.59 Å². The minimum atomic E-state index is -0.806. The number of amides is 2. The Morgan fingerprint density at radius 3 is 2.73 bits per heavy atom. The predicted octanol–water partition coefficient (Wildman–Crippen LogP) is 2.44. The van der Waals surface area contributed by atoms with E-state index in [-0.39, 0.29) is 12.6 Å². The van der Waals surface area contributed by atoms with Crippen molar-refractivity contribution in [2.45, 2.75) is 19.4 Å². The number of carbonyl (C=O) groups excluding carboxylic acids is 2. The van der Waals surface area contributed by atoms with E-state index in [1.54, 1.807) is 13.0 Å². The smallest absolute Gasteiger partial charge is 0.443 e. The number of benzene rings is 1. The van der Waals surface area contributed by atoms with Gasteiger partial charge < -0.3 is 14.9 Å². The number of nitrogens with zero attached hydrogens (tertiary/aromatic N) is 4. The fourth-order valence-electron chi connectivity index (χ4n) is 2.15. The van der Waals surface area contributed by atoms with Crippen LogP contribution in [0.3, 0.4) is 0 Å². The molecule has 0 aliphatic carbocycles. The molecule has 0 spiro atoms. The number of ether oxygens (including phenoxy) is 1. The normalized spacial score (nSPS) is 11.5. The Morgan fingerprint density at radius 1 is 1.35 bits per heavy atom. The molecule has 0 bridgehead atoms. The Hall–Kier alpha value is -2.81. The molecular weight excluding hydrogens is 362 g/mol. The number of rotatable bonds is 6. The predicted molar refractivity (Wildman–Crippen MR) is 93.5 cm³/mol. The molecule has 0 radical (unpaired) electrons. The third-order valence-electron chi connectivity index (χ3n) is 3.32. The second kappa shape index (κ2) is 9.62. The summed E-state index contributed by atoms with van der Waals surface area (Å²) >= 11 is 6.01. The van der Waals surface area contributed by atoms with Crippen LogP contribution in [0.15, 0.2) is 36.7 Å². The van der Waals surface area contributed by atoms with Gasteiger partial charge in [0.15, 0.2) is 0 Å². The number of hydrogen-bond donors (Lipinski definition) is 1. The van der Waals surface area contributed by atoms with E-state index in [0.29, 0.717) is 18.0 Å². The van der Waals surface area contributed by atoms with Gasteiger partial charge in [0.1, 0.15) is 12.6 Å². The average Bonchev–Trinajstić information content (AvgIpc) is 3.13. The zero-order valence-electron chi connectivity index (χ0n) is 14.5. The number of aromatic nitrogens is 3. The maximum Gasteiger partial charge on any atom is 0.443 e. The van der Waals surface area contributed by atoms with Gasteiger partial charge in [0, 0.05) is 11.6 Å². The minimum Gasteiger partial charge on any atom is -0.445 e. The molecule has 26 heavy (non-hydrogen) atoms. The minimum absolute atomic E-state index is 0.0108. The molecule has 0 aliphatic heterocycles. The Morgan fingerprint density at radius 2 is 2.08 bits per heavy atom. The van der Waals surface area contributed by atoms with Gasteiger partial charge in [-0.25, -0.2) is 9.59 Å². The van der Waals surface area contributed by atoms with E-state index in [1.807, 2.05) is 18.2 Å². The van der Waals surface area contributed by atoms with Gasteiger partial charge in [0.2, 0.25) is 0 Å². The van der Waals surface area contributed by atoms with Crippen molar-refractivity contribution in [3.05, 3.63) is 47.2 Å². The van der Waals surface area contributed by atoms with E-state index < -0.39 is 12.2 Å². The molecule has 1 atom stereocenters. The number of hydroxylamine groups is 2. The fraction of sp³-hybridized carbons (Fsp3) is 0.375. The van der Waals surface area contributed by atoms with E-state index in [9.17, 15) is 9.59 Å². The molecule has 0 aliphatic rings. The molecule has 140 valence electrons. The average molecular weight is 382 g/mol. The maximum absolute atomic E-state index is 12.0. The van der Waals surface area contributed by atoms with E-state index in [4.69, 9.17) is 21.2 Å². The molecule has 1 N–H and O–H groups in total. The van der Waals surface area contributed by atoms with E-state index in [2.05, 4.69) is 15.5 Å². The van der Waals surface area contributed by atoms with Crippen LogP contribution in [0.1, 0.15) is 18.5 Å². The van der Waals surface area contributed by atoms with Gasteiger partial charge in [-0.3, -0.25) is 0 Å². The Balaban J connectivity index is 1.97. The van der Waals surface area contributed by atoms with Gasteiger partial charge in [0.05, 0.1) is 19.4 Å². The third-order valence-corrected chi connectivity index (χ3v) is 3.56. The van der Waals surface area contributed by atoms with E-state index >= 15 is 0 Å². The van der Waals surface area contributed by atoms with Gasteiger partial charge >= 0.3 is 12.2 Å². The third kappa shape index (κ3) is 5.92. The fourth-order valence-corrected chi connectivity index (χ4v) is 2.37. The van der Waals surface area contributed by atoms with Crippen LogP contribution in [0.25, 0.3) is 0 Å². The summed E-state index contributed by atoms with van der Waals surface area (Å²) < 4.78 is 5.22. The number of halogens is 1. The summed E-state index contributed by atoms with van der Waals surface area (Å²) in [5, 5.41) is 11.9. The van der Waals surface area contributed by atoms with Crippen LogP contribution < -0.4 is 5.32 Å². The second-order valence-corrected chi connectivity index (χ2v) is 5.76. The van der Waals surface area contributed by atoms with Crippen molar-refractivity contribution in [2.24, 2.45) is 0 Å². The molecule has 1 aromatic heterocycles. The molecule has 10 heteroatoms. The maximum atomic E-state index is 12.0. The first-order valence-corrected chi connectivity index (χ1v) is 8.34.